The number of hydrogen-bond donors (Lipinski definition) is 1. The smallest absolute Gasteiger partial charge is 0.359 e. The van der Waals surface area contributed by atoms with Crippen LogP contribution in [0.2, 0.25) is 0 Å². The van der Waals surface area contributed by atoms with Crippen molar-refractivity contribution >= 4 is 11.0 Å². The van der Waals surface area contributed by atoms with Crippen molar-refractivity contribution in [3.63, 3.8) is 0 Å². The number of nitrogens with zero attached hydrogens (tertiary/aromatic N) is 1. The molecule has 2 nitrogen and oxygen atoms in total. The lowest BCUT2D eigenvalue weighted by atomic mass is 10.0. The third-order valence-electron chi connectivity index (χ3n) is 3.01. The first-order chi connectivity index (χ1) is 9.47. The Bertz CT molecular complexity index is 774. The minimum atomic E-state index is -4.48. The van der Waals surface area contributed by atoms with Crippen molar-refractivity contribution < 1.29 is 17.6 Å². The number of halogens is 4. The molecule has 2 aromatic heterocycles. The van der Waals surface area contributed by atoms with Crippen LogP contribution in [-0.4, -0.2) is 9.97 Å². The number of H-pyrrole nitrogens is 1. The highest BCUT2D eigenvalue weighted by Gasteiger charge is 2.33. The molecule has 0 spiro atoms. The van der Waals surface area contributed by atoms with Gasteiger partial charge in [-0.15, -0.1) is 0 Å². The Kier molecular flexibility index (Phi) is 2.74. The van der Waals surface area contributed by atoms with Crippen LogP contribution >= 0.6 is 0 Å². The molecule has 0 amide bonds. The number of hydrogen-bond acceptors (Lipinski definition) is 1. The summed E-state index contributed by atoms with van der Waals surface area (Å²) >= 11 is 0. The first kappa shape index (κ1) is 12.7. The summed E-state index contributed by atoms with van der Waals surface area (Å²) in [5.41, 5.74) is 0.101. The van der Waals surface area contributed by atoms with Gasteiger partial charge in [0.1, 0.15) is 0 Å². The molecule has 0 aliphatic rings. The molecule has 3 aromatic rings. The van der Waals surface area contributed by atoms with Crippen LogP contribution in [0.3, 0.4) is 0 Å². The van der Waals surface area contributed by atoms with Crippen LogP contribution < -0.4 is 0 Å². The van der Waals surface area contributed by atoms with Crippen LogP contribution in [0, 0.1) is 5.95 Å². The van der Waals surface area contributed by atoms with Crippen molar-refractivity contribution in [2.75, 3.05) is 0 Å². The summed E-state index contributed by atoms with van der Waals surface area (Å²) in [4.78, 5) is 6.47. The molecule has 0 bridgehead atoms. The van der Waals surface area contributed by atoms with Crippen LogP contribution in [0.4, 0.5) is 17.6 Å². The third-order valence-corrected chi connectivity index (χ3v) is 3.01. The Balaban J connectivity index is 2.29. The number of rotatable bonds is 1. The minimum Gasteiger partial charge on any atom is -0.359 e. The molecule has 0 unspecified atom stereocenters. The number of aromatic amines is 1. The van der Waals surface area contributed by atoms with Gasteiger partial charge < -0.3 is 4.98 Å². The monoisotopic (exact) mass is 280 g/mol. The predicted molar refractivity (Wildman–Crippen MR) is 66.5 cm³/mol. The van der Waals surface area contributed by atoms with E-state index in [1.807, 2.05) is 0 Å². The third kappa shape index (κ3) is 2.03. The Labute approximate surface area is 111 Å². The number of pyridine rings is 1. The maximum atomic E-state index is 13.2. The fraction of sp³-hybridized carbons (Fsp3) is 0.0714. The zero-order chi connectivity index (χ0) is 14.3. The molecular formula is C14H8F4N2. The van der Waals surface area contributed by atoms with Crippen molar-refractivity contribution in [3.05, 3.63) is 54.1 Å². The van der Waals surface area contributed by atoms with Gasteiger partial charge >= 0.3 is 6.18 Å². The van der Waals surface area contributed by atoms with Crippen LogP contribution in [0.15, 0.2) is 42.6 Å². The summed E-state index contributed by atoms with van der Waals surface area (Å²) in [5.74, 6) is -0.733. The van der Waals surface area contributed by atoms with Crippen LogP contribution in [0.25, 0.3) is 22.2 Å². The van der Waals surface area contributed by atoms with Gasteiger partial charge in [-0.05, 0) is 23.8 Å². The van der Waals surface area contributed by atoms with Gasteiger partial charge in [-0.1, -0.05) is 18.2 Å². The Morgan fingerprint density at radius 2 is 1.70 bits per heavy atom. The SMILES string of the molecule is Fc1ccc2[nH]cc(-c3ccccc3C(F)(F)F)c2n1. The second kappa shape index (κ2) is 4.33. The zero-order valence-electron chi connectivity index (χ0n) is 10.0. The van der Waals surface area contributed by atoms with E-state index in [-0.39, 0.29) is 16.6 Å². The lowest BCUT2D eigenvalue weighted by molar-refractivity contribution is -0.137. The molecule has 3 rings (SSSR count). The van der Waals surface area contributed by atoms with E-state index in [4.69, 9.17) is 0 Å². The molecule has 0 aliphatic carbocycles. The Morgan fingerprint density at radius 1 is 0.950 bits per heavy atom. The predicted octanol–water partition coefficient (Wildman–Crippen LogP) is 4.39. The number of benzene rings is 1. The lowest BCUT2D eigenvalue weighted by Gasteiger charge is -2.11. The summed E-state index contributed by atoms with van der Waals surface area (Å²) in [7, 11) is 0. The Hall–Kier alpha value is -2.37. The first-order valence-corrected chi connectivity index (χ1v) is 5.77. The van der Waals surface area contributed by atoms with Gasteiger partial charge in [0.2, 0.25) is 5.95 Å². The summed E-state index contributed by atoms with van der Waals surface area (Å²) < 4.78 is 52.2. The average Bonchev–Trinajstić information content (AvgIpc) is 2.80. The van der Waals surface area contributed by atoms with E-state index >= 15 is 0 Å². The van der Waals surface area contributed by atoms with Crippen molar-refractivity contribution in [2.24, 2.45) is 0 Å². The van der Waals surface area contributed by atoms with Crippen LogP contribution in [-0.2, 0) is 6.18 Å². The molecule has 0 saturated heterocycles. The standard InChI is InChI=1S/C14H8F4N2/c15-12-6-5-11-13(20-12)9(7-19-11)8-3-1-2-4-10(8)14(16,17)18/h1-7,19H. The van der Waals surface area contributed by atoms with Crippen molar-refractivity contribution in [3.8, 4) is 11.1 Å². The highest BCUT2D eigenvalue weighted by molar-refractivity contribution is 5.93. The fourth-order valence-corrected chi connectivity index (χ4v) is 2.15. The number of aromatic nitrogens is 2. The average molecular weight is 280 g/mol. The zero-order valence-corrected chi connectivity index (χ0v) is 10.0. The second-order valence-corrected chi connectivity index (χ2v) is 4.28. The van der Waals surface area contributed by atoms with E-state index < -0.39 is 17.7 Å². The second-order valence-electron chi connectivity index (χ2n) is 4.28. The number of fused-ring (bicyclic) bond motifs is 1. The van der Waals surface area contributed by atoms with E-state index in [0.717, 1.165) is 12.1 Å². The molecule has 102 valence electrons. The molecule has 0 aliphatic heterocycles. The molecule has 1 aromatic carbocycles. The highest BCUT2D eigenvalue weighted by Crippen LogP contribution is 2.38. The maximum Gasteiger partial charge on any atom is 0.417 e. The topological polar surface area (TPSA) is 28.7 Å². The van der Waals surface area contributed by atoms with Gasteiger partial charge in [-0.2, -0.15) is 17.6 Å². The summed E-state index contributed by atoms with van der Waals surface area (Å²) in [6, 6.07) is 7.75. The summed E-state index contributed by atoms with van der Waals surface area (Å²) in [6.45, 7) is 0. The largest absolute Gasteiger partial charge is 0.417 e. The first-order valence-electron chi connectivity index (χ1n) is 5.77. The summed E-state index contributed by atoms with van der Waals surface area (Å²) in [6.07, 6.45) is -3.07. The van der Waals surface area contributed by atoms with E-state index in [9.17, 15) is 17.6 Å². The quantitative estimate of drug-likeness (QED) is 0.520. The summed E-state index contributed by atoms with van der Waals surface area (Å²) in [5, 5.41) is 0. The van der Waals surface area contributed by atoms with Crippen molar-refractivity contribution in [1.29, 1.82) is 0 Å². The fourth-order valence-electron chi connectivity index (χ4n) is 2.15. The number of alkyl halides is 3. The molecule has 6 heteroatoms. The van der Waals surface area contributed by atoms with Crippen LogP contribution in [0.5, 0.6) is 0 Å². The Morgan fingerprint density at radius 3 is 2.45 bits per heavy atom. The minimum absolute atomic E-state index is 0.0237. The lowest BCUT2D eigenvalue weighted by Crippen LogP contribution is -2.06. The van der Waals surface area contributed by atoms with Gasteiger partial charge in [-0.25, -0.2) is 4.98 Å². The van der Waals surface area contributed by atoms with Crippen LogP contribution in [0.1, 0.15) is 5.56 Å². The molecule has 0 saturated carbocycles. The molecule has 1 N–H and O–H groups in total. The molecule has 20 heavy (non-hydrogen) atoms. The van der Waals surface area contributed by atoms with Gasteiger partial charge in [0, 0.05) is 11.8 Å². The molecule has 2 heterocycles. The van der Waals surface area contributed by atoms with Gasteiger partial charge in [-0.3, -0.25) is 0 Å². The van der Waals surface area contributed by atoms with E-state index in [1.165, 1.54) is 30.5 Å². The molecule has 0 atom stereocenters. The molecule has 0 radical (unpaired) electrons. The number of nitrogens with one attached hydrogen (secondary N) is 1. The van der Waals surface area contributed by atoms with Crippen molar-refractivity contribution in [2.45, 2.75) is 6.18 Å². The molecule has 0 fully saturated rings. The highest BCUT2D eigenvalue weighted by atomic mass is 19.4. The van der Waals surface area contributed by atoms with E-state index in [2.05, 4.69) is 9.97 Å². The van der Waals surface area contributed by atoms with Crippen molar-refractivity contribution in [1.82, 2.24) is 9.97 Å². The van der Waals surface area contributed by atoms with E-state index in [0.29, 0.717) is 5.52 Å². The van der Waals surface area contributed by atoms with Gasteiger partial charge in [0.25, 0.3) is 0 Å². The molecular weight excluding hydrogens is 272 g/mol. The van der Waals surface area contributed by atoms with Gasteiger partial charge in [0.05, 0.1) is 16.6 Å². The normalized spacial score (nSPS) is 12.0. The van der Waals surface area contributed by atoms with Gasteiger partial charge in [0.15, 0.2) is 0 Å². The maximum absolute atomic E-state index is 13.2. The van der Waals surface area contributed by atoms with E-state index in [1.54, 1.807) is 0 Å².